The summed E-state index contributed by atoms with van der Waals surface area (Å²) < 4.78 is 10.2. The maximum Gasteiger partial charge on any atom is 0.306 e. The van der Waals surface area contributed by atoms with E-state index in [1.807, 2.05) is 30.5 Å². The van der Waals surface area contributed by atoms with Crippen LogP contribution >= 0.6 is 11.6 Å². The largest absolute Gasteiger partial charge is 0.495 e. The van der Waals surface area contributed by atoms with Crippen LogP contribution in [-0.2, 0) is 20.7 Å². The molecule has 146 valence electrons. The predicted molar refractivity (Wildman–Crippen MR) is 109 cm³/mol. The Kier molecular flexibility index (Phi) is 6.55. The number of aromatic nitrogens is 1. The van der Waals surface area contributed by atoms with Gasteiger partial charge in [-0.05, 0) is 42.7 Å². The first kappa shape index (κ1) is 19.8. The Bertz CT molecular complexity index is 983. The highest BCUT2D eigenvalue weighted by atomic mass is 35.5. The quantitative estimate of drug-likeness (QED) is 0.551. The van der Waals surface area contributed by atoms with Gasteiger partial charge in [-0.25, -0.2) is 0 Å². The van der Waals surface area contributed by atoms with E-state index in [1.54, 1.807) is 18.2 Å². The van der Waals surface area contributed by atoms with Gasteiger partial charge in [0.25, 0.3) is 5.91 Å². The maximum atomic E-state index is 12.0. The number of H-pyrrole nitrogens is 1. The summed E-state index contributed by atoms with van der Waals surface area (Å²) in [5, 5.41) is 4.25. The van der Waals surface area contributed by atoms with Crippen LogP contribution in [0, 0.1) is 0 Å². The van der Waals surface area contributed by atoms with Crippen molar-refractivity contribution in [2.24, 2.45) is 0 Å². The zero-order valence-electron chi connectivity index (χ0n) is 15.5. The summed E-state index contributed by atoms with van der Waals surface area (Å²) >= 11 is 5.93. The van der Waals surface area contributed by atoms with Crippen LogP contribution in [0.4, 0.5) is 5.69 Å². The summed E-state index contributed by atoms with van der Waals surface area (Å²) in [6.07, 6.45) is 3.60. The van der Waals surface area contributed by atoms with Crippen LogP contribution in [0.25, 0.3) is 10.9 Å². The molecule has 2 aromatic carbocycles. The Morgan fingerprint density at radius 2 is 2.00 bits per heavy atom. The summed E-state index contributed by atoms with van der Waals surface area (Å²) in [5.74, 6) is -0.388. The minimum Gasteiger partial charge on any atom is -0.495 e. The molecule has 0 atom stereocenters. The predicted octanol–water partition coefficient (Wildman–Crippen LogP) is 4.33. The van der Waals surface area contributed by atoms with Gasteiger partial charge >= 0.3 is 5.97 Å². The number of ether oxygens (including phenoxy) is 2. The van der Waals surface area contributed by atoms with Crippen LogP contribution in [-0.4, -0.2) is 30.6 Å². The van der Waals surface area contributed by atoms with Crippen LogP contribution in [0.2, 0.25) is 5.02 Å². The van der Waals surface area contributed by atoms with Crippen molar-refractivity contribution < 1.29 is 19.1 Å². The Morgan fingerprint density at radius 1 is 1.18 bits per heavy atom. The van der Waals surface area contributed by atoms with Crippen molar-refractivity contribution >= 4 is 40.1 Å². The highest BCUT2D eigenvalue weighted by Crippen LogP contribution is 2.27. The first-order valence-electron chi connectivity index (χ1n) is 8.91. The Hall–Kier alpha value is -2.99. The Balaban J connectivity index is 1.43. The molecular weight excluding hydrogens is 380 g/mol. The number of methoxy groups -OCH3 is 1. The molecule has 1 heterocycles. The topological polar surface area (TPSA) is 80.4 Å². The van der Waals surface area contributed by atoms with Gasteiger partial charge in [-0.2, -0.15) is 0 Å². The van der Waals surface area contributed by atoms with Crippen LogP contribution in [0.5, 0.6) is 5.75 Å². The molecule has 0 saturated carbocycles. The highest BCUT2D eigenvalue weighted by Gasteiger charge is 2.12. The monoisotopic (exact) mass is 400 g/mol. The molecule has 7 heteroatoms. The normalized spacial score (nSPS) is 10.6. The molecule has 28 heavy (non-hydrogen) atoms. The molecule has 0 saturated heterocycles. The van der Waals surface area contributed by atoms with Gasteiger partial charge in [-0.3, -0.25) is 9.59 Å². The van der Waals surface area contributed by atoms with Crippen molar-refractivity contribution in [3.63, 3.8) is 0 Å². The molecule has 0 fully saturated rings. The van der Waals surface area contributed by atoms with E-state index < -0.39 is 11.9 Å². The van der Waals surface area contributed by atoms with Crippen LogP contribution < -0.4 is 10.1 Å². The molecule has 0 aliphatic rings. The number of hydrogen-bond acceptors (Lipinski definition) is 4. The number of aromatic amines is 1. The summed E-state index contributed by atoms with van der Waals surface area (Å²) in [4.78, 5) is 27.1. The van der Waals surface area contributed by atoms with E-state index in [-0.39, 0.29) is 13.0 Å². The standard InChI is InChI=1S/C21H21ClN2O4/c1-27-19-10-9-15(22)11-18(19)24-20(25)13-28-21(26)8-4-5-14-12-23-17-7-3-2-6-16(14)17/h2-3,6-7,9-12,23H,4-5,8,13H2,1H3,(H,24,25). The van der Waals surface area contributed by atoms with Crippen molar-refractivity contribution in [2.75, 3.05) is 19.0 Å². The number of aryl methyl sites for hydroxylation is 1. The zero-order chi connectivity index (χ0) is 19.9. The first-order chi connectivity index (χ1) is 13.6. The van der Waals surface area contributed by atoms with Gasteiger partial charge in [0, 0.05) is 28.5 Å². The number of halogens is 1. The minimum atomic E-state index is -0.453. The smallest absolute Gasteiger partial charge is 0.306 e. The van der Waals surface area contributed by atoms with Crippen molar-refractivity contribution in [1.29, 1.82) is 0 Å². The van der Waals surface area contributed by atoms with Gasteiger partial charge in [0.15, 0.2) is 6.61 Å². The Morgan fingerprint density at radius 3 is 2.82 bits per heavy atom. The van der Waals surface area contributed by atoms with E-state index >= 15 is 0 Å². The molecule has 0 bridgehead atoms. The zero-order valence-corrected chi connectivity index (χ0v) is 16.2. The third-order valence-corrected chi connectivity index (χ3v) is 4.54. The fourth-order valence-corrected chi connectivity index (χ4v) is 3.12. The molecule has 0 unspecified atom stereocenters. The van der Waals surface area contributed by atoms with Crippen molar-refractivity contribution in [3.8, 4) is 5.75 Å². The number of anilines is 1. The molecule has 0 aliphatic carbocycles. The van der Waals surface area contributed by atoms with Crippen molar-refractivity contribution in [1.82, 2.24) is 4.98 Å². The average Bonchev–Trinajstić information content (AvgIpc) is 3.10. The lowest BCUT2D eigenvalue weighted by atomic mass is 10.1. The molecule has 2 N–H and O–H groups in total. The average molecular weight is 401 g/mol. The number of para-hydroxylation sites is 1. The number of nitrogens with one attached hydrogen (secondary N) is 2. The van der Waals surface area contributed by atoms with Crippen molar-refractivity contribution in [3.05, 3.63) is 59.2 Å². The molecule has 0 spiro atoms. The molecule has 3 rings (SSSR count). The second-order valence-electron chi connectivity index (χ2n) is 6.27. The lowest BCUT2D eigenvalue weighted by molar-refractivity contribution is -0.147. The highest BCUT2D eigenvalue weighted by molar-refractivity contribution is 6.31. The number of carbonyl (C=O) groups excluding carboxylic acids is 2. The SMILES string of the molecule is COc1ccc(Cl)cc1NC(=O)COC(=O)CCCc1c[nH]c2ccccc12. The number of hydrogen-bond donors (Lipinski definition) is 2. The summed E-state index contributed by atoms with van der Waals surface area (Å²) in [7, 11) is 1.49. The first-order valence-corrected chi connectivity index (χ1v) is 9.28. The van der Waals surface area contributed by atoms with Crippen LogP contribution in [0.15, 0.2) is 48.7 Å². The second kappa shape index (κ2) is 9.28. The molecule has 0 radical (unpaired) electrons. The number of esters is 1. The number of amides is 1. The second-order valence-corrected chi connectivity index (χ2v) is 6.70. The van der Waals surface area contributed by atoms with Gasteiger partial charge in [0.2, 0.25) is 0 Å². The van der Waals surface area contributed by atoms with Gasteiger partial charge in [-0.1, -0.05) is 29.8 Å². The van der Waals surface area contributed by atoms with Crippen LogP contribution in [0.3, 0.4) is 0 Å². The van der Waals surface area contributed by atoms with E-state index in [9.17, 15) is 9.59 Å². The van der Waals surface area contributed by atoms with E-state index in [0.717, 1.165) is 22.9 Å². The lowest BCUT2D eigenvalue weighted by Gasteiger charge is -2.10. The van der Waals surface area contributed by atoms with Crippen molar-refractivity contribution in [2.45, 2.75) is 19.3 Å². The summed E-state index contributed by atoms with van der Waals surface area (Å²) in [5.41, 5.74) is 2.66. The van der Waals surface area contributed by atoms with Gasteiger partial charge in [0.05, 0.1) is 12.8 Å². The van der Waals surface area contributed by atoms with E-state index in [4.69, 9.17) is 21.1 Å². The number of carbonyl (C=O) groups is 2. The summed E-state index contributed by atoms with van der Waals surface area (Å²) in [6, 6.07) is 12.9. The number of rotatable bonds is 8. The Labute approximate surface area is 167 Å². The number of benzene rings is 2. The maximum absolute atomic E-state index is 12.0. The van der Waals surface area contributed by atoms with E-state index in [0.29, 0.717) is 22.9 Å². The molecule has 3 aromatic rings. The number of fused-ring (bicyclic) bond motifs is 1. The molecular formula is C21H21ClN2O4. The third-order valence-electron chi connectivity index (χ3n) is 4.30. The minimum absolute atomic E-state index is 0.243. The molecule has 6 nitrogen and oxygen atoms in total. The van der Waals surface area contributed by atoms with Crippen LogP contribution in [0.1, 0.15) is 18.4 Å². The van der Waals surface area contributed by atoms with Gasteiger partial charge in [-0.15, -0.1) is 0 Å². The van der Waals surface area contributed by atoms with Gasteiger partial charge in [0.1, 0.15) is 5.75 Å². The van der Waals surface area contributed by atoms with Gasteiger partial charge < -0.3 is 19.8 Å². The van der Waals surface area contributed by atoms with E-state index in [2.05, 4.69) is 10.3 Å². The van der Waals surface area contributed by atoms with E-state index in [1.165, 1.54) is 7.11 Å². The third kappa shape index (κ3) is 5.04. The summed E-state index contributed by atoms with van der Waals surface area (Å²) in [6.45, 7) is -0.360. The molecule has 1 aromatic heterocycles. The molecule has 0 aliphatic heterocycles. The fraction of sp³-hybridized carbons (Fsp3) is 0.238. The fourth-order valence-electron chi connectivity index (χ4n) is 2.94. The lowest BCUT2D eigenvalue weighted by Crippen LogP contribution is -2.21. The molecule has 1 amide bonds.